The van der Waals surface area contributed by atoms with Crippen molar-refractivity contribution >= 4 is 34.8 Å². The zero-order chi connectivity index (χ0) is 26.8. The van der Waals surface area contributed by atoms with Gasteiger partial charge >= 0.3 is 6.18 Å². The number of pyridine rings is 1. The summed E-state index contributed by atoms with van der Waals surface area (Å²) >= 11 is 11.9. The van der Waals surface area contributed by atoms with Crippen LogP contribution in [0.1, 0.15) is 41.8 Å². The molecule has 2 unspecified atom stereocenters. The van der Waals surface area contributed by atoms with E-state index < -0.39 is 24.2 Å². The minimum Gasteiger partial charge on any atom is -0.374 e. The summed E-state index contributed by atoms with van der Waals surface area (Å²) < 4.78 is 42.8. The second-order valence-corrected chi connectivity index (χ2v) is 9.28. The van der Waals surface area contributed by atoms with Crippen LogP contribution < -0.4 is 0 Å². The van der Waals surface area contributed by atoms with Crippen LogP contribution in [0.15, 0.2) is 72.0 Å². The van der Waals surface area contributed by atoms with Gasteiger partial charge in [-0.1, -0.05) is 58.7 Å². The number of nitrogens with zero attached hydrogens (tertiary/aromatic N) is 4. The smallest absolute Gasteiger partial charge is 0.374 e. The Morgan fingerprint density at radius 3 is 2.38 bits per heavy atom. The van der Waals surface area contributed by atoms with Crippen LogP contribution in [0.4, 0.5) is 13.2 Å². The maximum absolute atomic E-state index is 14.3. The summed E-state index contributed by atoms with van der Waals surface area (Å²) in [5.41, 5.74) is -1.48. The fourth-order valence-corrected chi connectivity index (χ4v) is 4.60. The minimum absolute atomic E-state index is 0.0378. The SMILES string of the molecule is CC(=O)N(Cc1ccccn1)C(C#N)c1ccc(C2=NOC(c3cc(Cl)cc(Cl)c3)(C(F)(F)F)C2)cc1. The Morgan fingerprint density at radius 1 is 1.16 bits per heavy atom. The highest BCUT2D eigenvalue weighted by atomic mass is 35.5. The van der Waals surface area contributed by atoms with Gasteiger partial charge in [-0.15, -0.1) is 0 Å². The van der Waals surface area contributed by atoms with Crippen molar-refractivity contribution in [3.63, 3.8) is 0 Å². The summed E-state index contributed by atoms with van der Waals surface area (Å²) in [7, 11) is 0. The number of carbonyl (C=O) groups excluding carboxylic acids is 1. The lowest BCUT2D eigenvalue weighted by Gasteiger charge is -2.29. The van der Waals surface area contributed by atoms with Crippen LogP contribution in [0.25, 0.3) is 0 Å². The van der Waals surface area contributed by atoms with Crippen molar-refractivity contribution in [2.45, 2.75) is 37.7 Å². The molecule has 1 amide bonds. The Kier molecular flexibility index (Phi) is 7.44. The lowest BCUT2D eigenvalue weighted by molar-refractivity contribution is -0.275. The van der Waals surface area contributed by atoms with Crippen LogP contribution in [0, 0.1) is 11.3 Å². The molecule has 3 aromatic rings. The Balaban J connectivity index is 1.60. The fourth-order valence-electron chi connectivity index (χ4n) is 4.08. The van der Waals surface area contributed by atoms with E-state index >= 15 is 0 Å². The number of hydrogen-bond donors (Lipinski definition) is 0. The predicted octanol–water partition coefficient (Wildman–Crippen LogP) is 6.58. The van der Waals surface area contributed by atoms with Crippen molar-refractivity contribution in [2.75, 3.05) is 0 Å². The molecule has 2 atom stereocenters. The van der Waals surface area contributed by atoms with E-state index in [-0.39, 0.29) is 33.8 Å². The second kappa shape index (κ2) is 10.4. The summed E-state index contributed by atoms with van der Waals surface area (Å²) in [4.78, 5) is 22.9. The largest absolute Gasteiger partial charge is 0.435 e. The molecule has 0 radical (unpaired) electrons. The highest BCUT2D eigenvalue weighted by Gasteiger charge is 2.62. The molecule has 4 rings (SSSR count). The van der Waals surface area contributed by atoms with Gasteiger partial charge in [-0.3, -0.25) is 9.78 Å². The molecule has 0 saturated carbocycles. The normalized spacial score (nSPS) is 17.9. The average molecular weight is 547 g/mol. The van der Waals surface area contributed by atoms with Gasteiger partial charge in [0.25, 0.3) is 5.60 Å². The van der Waals surface area contributed by atoms with Crippen molar-refractivity contribution in [3.8, 4) is 6.07 Å². The minimum atomic E-state index is -4.81. The number of amides is 1. The molecule has 6 nitrogen and oxygen atoms in total. The van der Waals surface area contributed by atoms with Crippen LogP contribution in [-0.2, 0) is 21.8 Å². The van der Waals surface area contributed by atoms with E-state index in [1.165, 1.54) is 17.9 Å². The molecule has 190 valence electrons. The molecule has 0 spiro atoms. The van der Waals surface area contributed by atoms with Crippen LogP contribution in [0.5, 0.6) is 0 Å². The van der Waals surface area contributed by atoms with E-state index in [1.54, 1.807) is 48.7 Å². The van der Waals surface area contributed by atoms with Gasteiger partial charge in [0, 0.05) is 35.2 Å². The number of nitriles is 1. The highest BCUT2D eigenvalue weighted by molar-refractivity contribution is 6.34. The zero-order valence-electron chi connectivity index (χ0n) is 19.3. The molecule has 0 saturated heterocycles. The number of rotatable bonds is 6. The molecule has 0 bridgehead atoms. The van der Waals surface area contributed by atoms with Gasteiger partial charge in [0.2, 0.25) is 5.91 Å². The summed E-state index contributed by atoms with van der Waals surface area (Å²) in [5.74, 6) is -0.329. The maximum atomic E-state index is 14.3. The van der Waals surface area contributed by atoms with Crippen LogP contribution in [-0.4, -0.2) is 27.7 Å². The average Bonchev–Trinajstić information content (AvgIpc) is 3.31. The number of carbonyl (C=O) groups is 1. The lowest BCUT2D eigenvalue weighted by atomic mass is 9.86. The molecule has 1 aromatic heterocycles. The van der Waals surface area contributed by atoms with Gasteiger partial charge in [0.15, 0.2) is 0 Å². The summed E-state index contributed by atoms with van der Waals surface area (Å²) in [6.07, 6.45) is -3.83. The molecule has 2 aromatic carbocycles. The molecule has 1 aliphatic heterocycles. The molecule has 0 fully saturated rings. The topological polar surface area (TPSA) is 78.6 Å². The Bertz CT molecular complexity index is 1360. The molecule has 37 heavy (non-hydrogen) atoms. The van der Waals surface area contributed by atoms with Crippen LogP contribution in [0.3, 0.4) is 0 Å². The van der Waals surface area contributed by atoms with E-state index in [1.807, 2.05) is 0 Å². The lowest BCUT2D eigenvalue weighted by Crippen LogP contribution is -2.42. The van der Waals surface area contributed by atoms with Gasteiger partial charge in [-0.2, -0.15) is 18.4 Å². The Hall–Kier alpha value is -3.61. The van der Waals surface area contributed by atoms with Crippen LogP contribution >= 0.6 is 23.2 Å². The Morgan fingerprint density at radius 2 is 1.84 bits per heavy atom. The number of halogens is 5. The first-order valence-electron chi connectivity index (χ1n) is 11.0. The second-order valence-electron chi connectivity index (χ2n) is 8.41. The first-order valence-corrected chi connectivity index (χ1v) is 11.7. The van der Waals surface area contributed by atoms with Gasteiger partial charge < -0.3 is 9.74 Å². The van der Waals surface area contributed by atoms with E-state index in [2.05, 4.69) is 16.2 Å². The van der Waals surface area contributed by atoms with Crippen molar-refractivity contribution in [3.05, 3.63) is 99.3 Å². The van der Waals surface area contributed by atoms with Gasteiger partial charge in [0.05, 0.1) is 24.0 Å². The summed E-state index contributed by atoms with van der Waals surface area (Å²) in [6.45, 7) is 1.47. The number of aromatic nitrogens is 1. The van der Waals surface area contributed by atoms with Crippen molar-refractivity contribution < 1.29 is 22.8 Å². The van der Waals surface area contributed by atoms with Gasteiger partial charge in [0.1, 0.15) is 6.04 Å². The molecular weight excluding hydrogens is 528 g/mol. The van der Waals surface area contributed by atoms with Crippen molar-refractivity contribution in [2.24, 2.45) is 5.16 Å². The first kappa shape index (κ1) is 26.5. The third-order valence-corrected chi connectivity index (χ3v) is 6.41. The first-order chi connectivity index (χ1) is 17.5. The fraction of sp³-hybridized carbons (Fsp3) is 0.231. The number of alkyl halides is 3. The van der Waals surface area contributed by atoms with Gasteiger partial charge in [-0.25, -0.2) is 0 Å². The zero-order valence-corrected chi connectivity index (χ0v) is 20.8. The maximum Gasteiger partial charge on any atom is 0.435 e. The molecule has 2 heterocycles. The van der Waals surface area contributed by atoms with Crippen molar-refractivity contribution in [1.29, 1.82) is 5.26 Å². The third kappa shape index (κ3) is 5.41. The quantitative estimate of drug-likeness (QED) is 0.349. The van der Waals surface area contributed by atoms with Crippen LogP contribution in [0.2, 0.25) is 10.0 Å². The summed E-state index contributed by atoms with van der Waals surface area (Å²) in [5, 5.41) is 13.7. The molecule has 0 aliphatic carbocycles. The number of benzene rings is 2. The molecule has 1 aliphatic rings. The molecule has 11 heteroatoms. The van der Waals surface area contributed by atoms with Gasteiger partial charge in [-0.05, 0) is 41.5 Å². The number of hydrogen-bond acceptors (Lipinski definition) is 5. The third-order valence-electron chi connectivity index (χ3n) is 5.97. The van der Waals surface area contributed by atoms with E-state index in [0.29, 0.717) is 16.8 Å². The number of oxime groups is 1. The van der Waals surface area contributed by atoms with Crippen molar-refractivity contribution in [1.82, 2.24) is 9.88 Å². The monoisotopic (exact) mass is 546 g/mol. The highest BCUT2D eigenvalue weighted by Crippen LogP contribution is 2.49. The summed E-state index contributed by atoms with van der Waals surface area (Å²) in [6, 6.07) is 16.3. The van der Waals surface area contributed by atoms with E-state index in [9.17, 15) is 23.2 Å². The predicted molar refractivity (Wildman–Crippen MR) is 132 cm³/mol. The molecule has 0 N–H and O–H groups in total. The van der Waals surface area contributed by atoms with E-state index in [4.69, 9.17) is 28.0 Å². The standard InChI is InChI=1S/C26H19Cl2F3N4O2/c1-16(36)35(15-22-4-2-3-9-33-22)24(14-32)18-7-5-17(6-8-18)23-13-25(37-34-23,26(29,30)31)19-10-20(27)12-21(28)11-19/h2-12,24H,13,15H2,1H3. The Labute approximate surface area is 220 Å². The molecular formula is C26H19Cl2F3N4O2. The van der Waals surface area contributed by atoms with E-state index in [0.717, 1.165) is 12.1 Å².